The Bertz CT molecular complexity index is 1540. The summed E-state index contributed by atoms with van der Waals surface area (Å²) in [7, 11) is 0. The van der Waals surface area contributed by atoms with Gasteiger partial charge in [0.2, 0.25) is 11.8 Å². The van der Waals surface area contributed by atoms with Crippen LogP contribution in [-0.2, 0) is 17.8 Å². The molecule has 0 bridgehead atoms. The number of nitrogens with one attached hydrogen (secondary N) is 3. The first-order valence-corrected chi connectivity index (χ1v) is 11.9. The van der Waals surface area contributed by atoms with Gasteiger partial charge < -0.3 is 15.0 Å². The standard InChI is InChI=1S/C25H20N6O4S/c32-22-17-8-4-5-9-18(17)28-20(29-22)10-11-26-24-27-16(12-19-23(33)31-25(34)36-19)13-21(30-24)35-14-15-6-2-1-3-7-15/h1-9,12-13H,10-11,14H2,(H,26,27,30)(H,28,29,32)(H,31,33,34). The number of hydrogen-bond donors (Lipinski definition) is 3. The van der Waals surface area contributed by atoms with Gasteiger partial charge in [-0.15, -0.1) is 0 Å². The molecule has 4 aromatic rings. The molecule has 1 fully saturated rings. The zero-order valence-electron chi connectivity index (χ0n) is 18.9. The van der Waals surface area contributed by atoms with Crippen LogP contribution < -0.4 is 20.9 Å². The maximum Gasteiger partial charge on any atom is 0.290 e. The number of aromatic nitrogens is 4. The largest absolute Gasteiger partial charge is 0.473 e. The minimum atomic E-state index is -0.476. The first-order valence-electron chi connectivity index (χ1n) is 11.1. The van der Waals surface area contributed by atoms with Gasteiger partial charge in [-0.3, -0.25) is 19.7 Å². The Hall–Kier alpha value is -4.51. The molecule has 0 spiro atoms. The topological polar surface area (TPSA) is 139 Å². The maximum absolute atomic E-state index is 12.3. The lowest BCUT2D eigenvalue weighted by Crippen LogP contribution is -2.18. The van der Waals surface area contributed by atoms with E-state index in [-0.39, 0.29) is 16.4 Å². The highest BCUT2D eigenvalue weighted by atomic mass is 32.2. The molecule has 0 unspecified atom stereocenters. The molecule has 1 saturated heterocycles. The van der Waals surface area contributed by atoms with Crippen LogP contribution in [-0.4, -0.2) is 37.6 Å². The summed E-state index contributed by atoms with van der Waals surface area (Å²) in [5.41, 5.74) is 1.80. The smallest absolute Gasteiger partial charge is 0.290 e. The lowest BCUT2D eigenvalue weighted by molar-refractivity contribution is -0.115. The predicted molar refractivity (Wildman–Crippen MR) is 136 cm³/mol. The Morgan fingerprint density at radius 1 is 0.972 bits per heavy atom. The van der Waals surface area contributed by atoms with Crippen LogP contribution in [0, 0.1) is 0 Å². The number of benzene rings is 2. The van der Waals surface area contributed by atoms with Crippen molar-refractivity contribution in [2.24, 2.45) is 0 Å². The van der Waals surface area contributed by atoms with E-state index in [1.807, 2.05) is 36.4 Å². The number of aromatic amines is 1. The van der Waals surface area contributed by atoms with Crippen LogP contribution in [0.25, 0.3) is 17.0 Å². The van der Waals surface area contributed by atoms with Crippen molar-refractivity contribution < 1.29 is 14.3 Å². The van der Waals surface area contributed by atoms with Crippen molar-refractivity contribution >= 4 is 45.8 Å². The maximum atomic E-state index is 12.3. The number of hydrogen-bond acceptors (Lipinski definition) is 9. The number of ether oxygens (including phenoxy) is 1. The summed E-state index contributed by atoms with van der Waals surface area (Å²) in [6.07, 6.45) is 1.93. The number of rotatable bonds is 8. The molecule has 0 saturated carbocycles. The van der Waals surface area contributed by atoms with Gasteiger partial charge in [0.05, 0.1) is 21.5 Å². The van der Waals surface area contributed by atoms with E-state index in [0.717, 1.165) is 17.3 Å². The van der Waals surface area contributed by atoms with E-state index in [1.54, 1.807) is 24.3 Å². The first kappa shape index (κ1) is 23.2. The first-order chi connectivity index (χ1) is 17.5. The molecular weight excluding hydrogens is 480 g/mol. The molecule has 3 N–H and O–H groups in total. The number of carbonyl (C=O) groups excluding carboxylic acids is 2. The Morgan fingerprint density at radius 3 is 2.58 bits per heavy atom. The zero-order valence-corrected chi connectivity index (χ0v) is 19.7. The summed E-state index contributed by atoms with van der Waals surface area (Å²) < 4.78 is 5.86. The summed E-state index contributed by atoms with van der Waals surface area (Å²) in [6, 6.07) is 18.4. The lowest BCUT2D eigenvalue weighted by Gasteiger charge is -2.10. The van der Waals surface area contributed by atoms with Gasteiger partial charge in [0.25, 0.3) is 16.7 Å². The Morgan fingerprint density at radius 2 is 1.78 bits per heavy atom. The molecular formula is C25H20N6O4S. The third kappa shape index (κ3) is 5.58. The molecule has 0 atom stereocenters. The highest BCUT2D eigenvalue weighted by Gasteiger charge is 2.25. The van der Waals surface area contributed by atoms with E-state index >= 15 is 0 Å². The predicted octanol–water partition coefficient (Wildman–Crippen LogP) is 3.27. The summed E-state index contributed by atoms with van der Waals surface area (Å²) >= 11 is 0.806. The van der Waals surface area contributed by atoms with Crippen molar-refractivity contribution in [3.8, 4) is 5.88 Å². The number of para-hydroxylation sites is 1. The van der Waals surface area contributed by atoms with Crippen LogP contribution in [0.15, 0.2) is 70.4 Å². The van der Waals surface area contributed by atoms with Crippen molar-refractivity contribution in [1.29, 1.82) is 0 Å². The number of thioether (sulfide) groups is 1. The Kier molecular flexibility index (Phi) is 6.72. The van der Waals surface area contributed by atoms with Crippen molar-refractivity contribution in [1.82, 2.24) is 25.3 Å². The summed E-state index contributed by atoms with van der Waals surface area (Å²) in [6.45, 7) is 0.677. The van der Waals surface area contributed by atoms with Gasteiger partial charge >= 0.3 is 0 Å². The van der Waals surface area contributed by atoms with Crippen LogP contribution in [0.1, 0.15) is 17.1 Å². The van der Waals surface area contributed by atoms with Crippen LogP contribution in [0.2, 0.25) is 0 Å². The van der Waals surface area contributed by atoms with E-state index in [9.17, 15) is 14.4 Å². The molecule has 0 radical (unpaired) electrons. The summed E-state index contributed by atoms with van der Waals surface area (Å²) in [5, 5.41) is 5.44. The SMILES string of the molecule is O=C1NC(=O)C(=Cc2cc(OCc3ccccc3)nc(NCCc3nc4ccccc4c(=O)[nH]3)n2)S1. The van der Waals surface area contributed by atoms with Gasteiger partial charge in [0.1, 0.15) is 12.4 Å². The van der Waals surface area contributed by atoms with Crippen molar-refractivity contribution in [2.45, 2.75) is 13.0 Å². The van der Waals surface area contributed by atoms with Crippen molar-refractivity contribution in [2.75, 3.05) is 11.9 Å². The zero-order chi connectivity index (χ0) is 24.9. The third-order valence-corrected chi connectivity index (χ3v) is 5.99. The number of imide groups is 1. The van der Waals surface area contributed by atoms with Gasteiger partial charge in [0, 0.05) is 19.0 Å². The van der Waals surface area contributed by atoms with Crippen molar-refractivity contribution in [3.05, 3.63) is 93.0 Å². The molecule has 11 heteroatoms. The molecule has 3 heterocycles. The molecule has 36 heavy (non-hydrogen) atoms. The fourth-order valence-electron chi connectivity index (χ4n) is 3.50. The molecule has 1 aliphatic heterocycles. The van der Waals surface area contributed by atoms with Gasteiger partial charge in [-0.05, 0) is 35.5 Å². The van der Waals surface area contributed by atoms with Crippen LogP contribution in [0.4, 0.5) is 10.7 Å². The van der Waals surface area contributed by atoms with E-state index in [0.29, 0.717) is 47.9 Å². The molecule has 2 aromatic heterocycles. The van der Waals surface area contributed by atoms with E-state index in [1.165, 1.54) is 6.08 Å². The van der Waals surface area contributed by atoms with Gasteiger partial charge in [-0.25, -0.2) is 9.97 Å². The molecule has 180 valence electrons. The van der Waals surface area contributed by atoms with Gasteiger partial charge in [0.15, 0.2) is 0 Å². The third-order valence-electron chi connectivity index (χ3n) is 5.18. The average Bonchev–Trinajstić information content (AvgIpc) is 3.19. The Balaban J connectivity index is 1.34. The summed E-state index contributed by atoms with van der Waals surface area (Å²) in [4.78, 5) is 52.2. The van der Waals surface area contributed by atoms with Crippen molar-refractivity contribution in [3.63, 3.8) is 0 Å². The molecule has 1 aliphatic rings. The molecule has 5 rings (SSSR count). The number of nitrogens with zero attached hydrogens (tertiary/aromatic N) is 3. The monoisotopic (exact) mass is 500 g/mol. The van der Waals surface area contributed by atoms with Crippen LogP contribution in [0.3, 0.4) is 0 Å². The minimum Gasteiger partial charge on any atom is -0.473 e. The average molecular weight is 501 g/mol. The normalized spacial score (nSPS) is 14.3. The van der Waals surface area contributed by atoms with E-state index < -0.39 is 11.1 Å². The quantitative estimate of drug-likeness (QED) is 0.311. The Labute approximate surface area is 209 Å². The second-order valence-electron chi connectivity index (χ2n) is 7.79. The fourth-order valence-corrected chi connectivity index (χ4v) is 4.17. The number of anilines is 1. The highest BCUT2D eigenvalue weighted by molar-refractivity contribution is 8.18. The number of fused-ring (bicyclic) bond motifs is 1. The lowest BCUT2D eigenvalue weighted by atomic mass is 10.2. The minimum absolute atomic E-state index is 0.195. The number of amides is 2. The van der Waals surface area contributed by atoms with Gasteiger partial charge in [-0.1, -0.05) is 42.5 Å². The molecule has 2 aromatic carbocycles. The second-order valence-corrected chi connectivity index (χ2v) is 8.80. The summed E-state index contributed by atoms with van der Waals surface area (Å²) in [5.74, 6) is 0.624. The van der Waals surface area contributed by atoms with Gasteiger partial charge in [-0.2, -0.15) is 4.98 Å². The number of carbonyl (C=O) groups is 2. The van der Waals surface area contributed by atoms with Crippen LogP contribution >= 0.6 is 11.8 Å². The molecule has 2 amide bonds. The highest BCUT2D eigenvalue weighted by Crippen LogP contribution is 2.26. The second kappa shape index (κ2) is 10.4. The van der Waals surface area contributed by atoms with Crippen LogP contribution in [0.5, 0.6) is 5.88 Å². The van der Waals surface area contributed by atoms with E-state index in [4.69, 9.17) is 4.74 Å². The molecule has 0 aliphatic carbocycles. The fraction of sp³-hybridized carbons (Fsp3) is 0.120. The molecule has 10 nitrogen and oxygen atoms in total. The number of H-pyrrole nitrogens is 1. The van der Waals surface area contributed by atoms with E-state index in [2.05, 4.69) is 30.6 Å².